The summed E-state index contributed by atoms with van der Waals surface area (Å²) in [6.45, 7) is 16.8. The third-order valence-electron chi connectivity index (χ3n) is 5.32. The van der Waals surface area contributed by atoms with E-state index >= 15 is 0 Å². The first-order chi connectivity index (χ1) is 10.1. The first-order valence-corrected chi connectivity index (χ1v) is 8.66. The van der Waals surface area contributed by atoms with Crippen LogP contribution in [0, 0.1) is 0 Å². The fraction of sp³-hybridized carbons (Fsp3) is 1.00. The van der Waals surface area contributed by atoms with E-state index in [2.05, 4.69) is 48.5 Å². The van der Waals surface area contributed by atoms with Gasteiger partial charge in [0.25, 0.3) is 0 Å². The summed E-state index contributed by atoms with van der Waals surface area (Å²) in [5.74, 6) is 0.360. The maximum Gasteiger partial charge on any atom is 0.462 e. The van der Waals surface area contributed by atoms with E-state index in [-0.39, 0.29) is 30.8 Å². The van der Waals surface area contributed by atoms with E-state index < -0.39 is 0 Å². The first-order valence-electron chi connectivity index (χ1n) is 8.66. The third kappa shape index (κ3) is 3.72. The molecule has 0 amide bonds. The van der Waals surface area contributed by atoms with Crippen LogP contribution in [0.1, 0.15) is 67.7 Å². The maximum atomic E-state index is 6.30. The van der Waals surface area contributed by atoms with Gasteiger partial charge in [0.2, 0.25) is 0 Å². The van der Waals surface area contributed by atoms with Crippen molar-refractivity contribution < 1.29 is 18.6 Å². The minimum atomic E-state index is -0.285. The van der Waals surface area contributed by atoms with E-state index in [1.54, 1.807) is 0 Å². The van der Waals surface area contributed by atoms with Crippen molar-refractivity contribution in [3.63, 3.8) is 0 Å². The van der Waals surface area contributed by atoms with Crippen molar-refractivity contribution in [3.05, 3.63) is 0 Å². The molecule has 2 aliphatic rings. The topological polar surface area (TPSA) is 36.9 Å². The van der Waals surface area contributed by atoms with Crippen LogP contribution in [0.15, 0.2) is 0 Å². The predicted octanol–water partition coefficient (Wildman–Crippen LogP) is 3.95. The van der Waals surface area contributed by atoms with E-state index in [1.165, 1.54) is 0 Å². The van der Waals surface area contributed by atoms with Crippen molar-refractivity contribution >= 4 is 14.2 Å². The Kier molecular flexibility index (Phi) is 5.38. The highest BCUT2D eigenvalue weighted by atomic mass is 16.7. The number of hydrogen-bond acceptors (Lipinski definition) is 4. The fourth-order valence-corrected chi connectivity index (χ4v) is 3.09. The summed E-state index contributed by atoms with van der Waals surface area (Å²) in [4.78, 5) is 0. The number of hydrogen-bond donors (Lipinski definition) is 0. The Balaban J connectivity index is 1.99. The van der Waals surface area contributed by atoms with Gasteiger partial charge < -0.3 is 18.6 Å². The summed E-state index contributed by atoms with van der Waals surface area (Å²) >= 11 is 0. The summed E-state index contributed by atoms with van der Waals surface area (Å²) in [7, 11) is -0.235. The van der Waals surface area contributed by atoms with Crippen molar-refractivity contribution in [2.45, 2.75) is 90.1 Å². The molecular weight excluding hydrogens is 278 g/mol. The van der Waals surface area contributed by atoms with Crippen LogP contribution in [0.2, 0.25) is 11.1 Å². The Labute approximate surface area is 136 Å². The molecule has 1 atom stereocenters. The first kappa shape index (κ1) is 18.3. The highest BCUT2D eigenvalue weighted by molar-refractivity contribution is 6.48. The average molecular weight is 310 g/mol. The van der Waals surface area contributed by atoms with Crippen LogP contribution < -0.4 is 0 Å². The van der Waals surface area contributed by atoms with Gasteiger partial charge in [0.1, 0.15) is 0 Å². The molecule has 0 aromatic carbocycles. The lowest BCUT2D eigenvalue weighted by Gasteiger charge is -2.40. The molecule has 2 saturated heterocycles. The van der Waals surface area contributed by atoms with Crippen LogP contribution in [0.3, 0.4) is 0 Å². The van der Waals surface area contributed by atoms with Gasteiger partial charge in [-0.05, 0) is 45.9 Å². The Bertz CT molecular complexity index is 380. The van der Waals surface area contributed by atoms with E-state index in [4.69, 9.17) is 18.6 Å². The second-order valence-electron chi connectivity index (χ2n) is 8.50. The largest absolute Gasteiger partial charge is 0.462 e. The van der Waals surface area contributed by atoms with E-state index in [1.807, 2.05) is 0 Å². The summed E-state index contributed by atoms with van der Waals surface area (Å²) in [6.07, 6.45) is 2.90. The van der Waals surface area contributed by atoms with Gasteiger partial charge in [0.05, 0.1) is 11.2 Å². The molecule has 22 heavy (non-hydrogen) atoms. The summed E-state index contributed by atoms with van der Waals surface area (Å²) in [6, 6.07) is 0. The highest BCUT2D eigenvalue weighted by Crippen LogP contribution is 2.47. The summed E-state index contributed by atoms with van der Waals surface area (Å²) in [5, 5.41) is -0.0290. The smallest absolute Gasteiger partial charge is 0.411 e. The molecule has 6 heteroatoms. The molecule has 0 bridgehead atoms. The van der Waals surface area contributed by atoms with Gasteiger partial charge >= 0.3 is 14.2 Å². The zero-order valence-corrected chi connectivity index (χ0v) is 15.4. The molecule has 4 nitrogen and oxygen atoms in total. The van der Waals surface area contributed by atoms with Crippen LogP contribution in [0.4, 0.5) is 0 Å². The molecule has 2 heterocycles. The molecule has 2 aliphatic heterocycles. The molecule has 0 spiro atoms. The monoisotopic (exact) mass is 310 g/mol. The molecule has 126 valence electrons. The molecule has 0 aromatic heterocycles. The standard InChI is InChI=1S/C16H32B2O4/c1-13(2)17-21-15(5,6)16(7,22-17)10-9-14(3,4)18-19-11-8-12-20-18/h13H,8-12H2,1-7H3. The zero-order chi connectivity index (χ0) is 16.6. The SMILES string of the molecule is CC(C)B1OC(C)(C)C(C)(CCC(C)(C)B2OCCCO2)O1. The van der Waals surface area contributed by atoms with Gasteiger partial charge in [-0.2, -0.15) is 0 Å². The van der Waals surface area contributed by atoms with Crippen LogP contribution in [-0.2, 0) is 18.6 Å². The van der Waals surface area contributed by atoms with Gasteiger partial charge in [-0.3, -0.25) is 0 Å². The Morgan fingerprint density at radius 1 is 1.05 bits per heavy atom. The van der Waals surface area contributed by atoms with Crippen molar-refractivity contribution in [1.82, 2.24) is 0 Å². The maximum absolute atomic E-state index is 6.30. The zero-order valence-electron chi connectivity index (χ0n) is 15.4. The lowest BCUT2D eigenvalue weighted by molar-refractivity contribution is -0.0199. The molecule has 0 radical (unpaired) electrons. The lowest BCUT2D eigenvalue weighted by atomic mass is 9.56. The second-order valence-corrected chi connectivity index (χ2v) is 8.50. The third-order valence-corrected chi connectivity index (χ3v) is 5.32. The average Bonchev–Trinajstić information content (AvgIpc) is 2.69. The van der Waals surface area contributed by atoms with Gasteiger partial charge in [-0.1, -0.05) is 27.7 Å². The van der Waals surface area contributed by atoms with Crippen LogP contribution in [-0.4, -0.2) is 38.7 Å². The quantitative estimate of drug-likeness (QED) is 0.720. The van der Waals surface area contributed by atoms with Gasteiger partial charge in [0.15, 0.2) is 0 Å². The number of rotatable bonds is 5. The van der Waals surface area contributed by atoms with Crippen LogP contribution in [0.25, 0.3) is 0 Å². The van der Waals surface area contributed by atoms with Gasteiger partial charge in [0, 0.05) is 18.5 Å². The molecular formula is C16H32B2O4. The minimum Gasteiger partial charge on any atom is -0.411 e. The van der Waals surface area contributed by atoms with Crippen molar-refractivity contribution in [2.75, 3.05) is 13.2 Å². The van der Waals surface area contributed by atoms with Gasteiger partial charge in [-0.15, -0.1) is 0 Å². The van der Waals surface area contributed by atoms with Crippen molar-refractivity contribution in [2.24, 2.45) is 0 Å². The Hall–Kier alpha value is -0.0301. The Morgan fingerprint density at radius 3 is 2.14 bits per heavy atom. The van der Waals surface area contributed by atoms with Crippen molar-refractivity contribution in [3.8, 4) is 0 Å². The molecule has 0 aromatic rings. The molecule has 1 unspecified atom stereocenters. The molecule has 0 saturated carbocycles. The predicted molar refractivity (Wildman–Crippen MR) is 91.1 cm³/mol. The van der Waals surface area contributed by atoms with Gasteiger partial charge in [-0.25, -0.2) is 0 Å². The molecule has 0 aliphatic carbocycles. The fourth-order valence-electron chi connectivity index (χ4n) is 3.09. The van der Waals surface area contributed by atoms with E-state index in [0.717, 1.165) is 32.5 Å². The summed E-state index contributed by atoms with van der Waals surface area (Å²) in [5.41, 5.74) is -0.569. The minimum absolute atomic E-state index is 0.0290. The normalized spacial score (nSPS) is 29.5. The van der Waals surface area contributed by atoms with Crippen LogP contribution >= 0.6 is 0 Å². The molecule has 2 fully saturated rings. The highest BCUT2D eigenvalue weighted by Gasteiger charge is 2.55. The second kappa shape index (κ2) is 6.46. The van der Waals surface area contributed by atoms with Crippen molar-refractivity contribution in [1.29, 1.82) is 0 Å². The van der Waals surface area contributed by atoms with Crippen LogP contribution in [0.5, 0.6) is 0 Å². The molecule has 0 N–H and O–H groups in total. The lowest BCUT2D eigenvalue weighted by Crippen LogP contribution is -2.46. The van der Waals surface area contributed by atoms with E-state index in [9.17, 15) is 0 Å². The Morgan fingerprint density at radius 2 is 1.64 bits per heavy atom. The molecule has 2 rings (SSSR count). The van der Waals surface area contributed by atoms with E-state index in [0.29, 0.717) is 5.82 Å². The summed E-state index contributed by atoms with van der Waals surface area (Å²) < 4.78 is 24.1.